The van der Waals surface area contributed by atoms with Crippen LogP contribution in [0.5, 0.6) is 11.5 Å². The Kier molecular flexibility index (Phi) is 5.12. The maximum absolute atomic E-state index is 14.0. The number of nitrogens with two attached hydrogens (primary N) is 1. The summed E-state index contributed by atoms with van der Waals surface area (Å²) in [6, 6.07) is 8.62. The van der Waals surface area contributed by atoms with Crippen LogP contribution in [0.1, 0.15) is 15.9 Å². The highest BCUT2D eigenvalue weighted by atomic mass is 19.1. The SMILES string of the molecule is COc1cccc(-c2c(N)c(C(=O)c3ccc(F)cc3F)cc[n+]2[O-])c1OC. The Morgan fingerprint density at radius 1 is 1.07 bits per heavy atom. The number of pyridine rings is 1. The van der Waals surface area contributed by atoms with E-state index in [9.17, 15) is 18.8 Å². The fourth-order valence-corrected chi connectivity index (χ4v) is 2.91. The number of hydrogen-bond acceptors (Lipinski definition) is 5. The molecule has 144 valence electrons. The quantitative estimate of drug-likeness (QED) is 0.414. The Bertz CT molecular complexity index is 1070. The van der Waals surface area contributed by atoms with Gasteiger partial charge in [0.2, 0.25) is 0 Å². The Morgan fingerprint density at radius 3 is 2.46 bits per heavy atom. The van der Waals surface area contributed by atoms with E-state index in [1.165, 1.54) is 20.3 Å². The van der Waals surface area contributed by atoms with Gasteiger partial charge in [-0.2, -0.15) is 4.73 Å². The first-order chi connectivity index (χ1) is 13.4. The Morgan fingerprint density at radius 2 is 1.82 bits per heavy atom. The first-order valence-corrected chi connectivity index (χ1v) is 8.11. The van der Waals surface area contributed by atoms with Crippen molar-refractivity contribution in [3.05, 3.63) is 76.6 Å². The molecule has 0 aliphatic carbocycles. The van der Waals surface area contributed by atoms with Crippen LogP contribution in [0.25, 0.3) is 11.3 Å². The van der Waals surface area contributed by atoms with Crippen molar-refractivity contribution in [2.45, 2.75) is 0 Å². The summed E-state index contributed by atoms with van der Waals surface area (Å²) in [6.45, 7) is 0. The maximum atomic E-state index is 14.0. The highest BCUT2D eigenvalue weighted by molar-refractivity contribution is 6.13. The standard InChI is InChI=1S/C20H16F2N2O4/c1-27-16-5-3-4-14(20(16)28-2)18-17(23)13(8-9-24(18)26)19(25)12-7-6-11(21)10-15(12)22/h3-10H,23H2,1-2H3. The van der Waals surface area contributed by atoms with E-state index in [4.69, 9.17) is 15.2 Å². The summed E-state index contributed by atoms with van der Waals surface area (Å²) in [5.41, 5.74) is 5.73. The molecule has 0 saturated carbocycles. The number of rotatable bonds is 5. The molecule has 0 saturated heterocycles. The molecule has 0 spiro atoms. The van der Waals surface area contributed by atoms with Gasteiger partial charge in [0.15, 0.2) is 23.5 Å². The van der Waals surface area contributed by atoms with Gasteiger partial charge in [-0.3, -0.25) is 4.79 Å². The molecule has 0 atom stereocenters. The first-order valence-electron chi connectivity index (χ1n) is 8.11. The summed E-state index contributed by atoms with van der Waals surface area (Å²) in [6.07, 6.45) is 1.08. The van der Waals surface area contributed by atoms with Crippen molar-refractivity contribution >= 4 is 11.5 Å². The summed E-state index contributed by atoms with van der Waals surface area (Å²) in [4.78, 5) is 12.8. The van der Waals surface area contributed by atoms with Gasteiger partial charge in [0.1, 0.15) is 17.3 Å². The summed E-state index contributed by atoms with van der Waals surface area (Å²) in [5.74, 6) is -2.00. The van der Waals surface area contributed by atoms with Gasteiger partial charge in [-0.25, -0.2) is 8.78 Å². The minimum absolute atomic E-state index is 0.0517. The molecule has 28 heavy (non-hydrogen) atoms. The lowest BCUT2D eigenvalue weighted by molar-refractivity contribution is -0.593. The largest absolute Gasteiger partial charge is 0.618 e. The fourth-order valence-electron chi connectivity index (χ4n) is 2.91. The van der Waals surface area contributed by atoms with Crippen molar-refractivity contribution in [3.8, 4) is 22.8 Å². The van der Waals surface area contributed by atoms with Crippen LogP contribution in [0.4, 0.5) is 14.5 Å². The van der Waals surface area contributed by atoms with Crippen LogP contribution in [0.2, 0.25) is 0 Å². The number of halogens is 2. The van der Waals surface area contributed by atoms with E-state index in [-0.39, 0.29) is 28.3 Å². The number of carbonyl (C=O) groups excluding carboxylic acids is 1. The second-order valence-electron chi connectivity index (χ2n) is 5.81. The Labute approximate surface area is 159 Å². The molecular weight excluding hydrogens is 370 g/mol. The second-order valence-corrected chi connectivity index (χ2v) is 5.81. The van der Waals surface area contributed by atoms with E-state index in [0.29, 0.717) is 22.1 Å². The van der Waals surface area contributed by atoms with Gasteiger partial charge < -0.3 is 20.4 Å². The second kappa shape index (κ2) is 7.51. The molecule has 0 aliphatic rings. The van der Waals surface area contributed by atoms with Crippen LogP contribution in [0.15, 0.2) is 48.7 Å². The van der Waals surface area contributed by atoms with E-state index < -0.39 is 17.4 Å². The predicted octanol–water partition coefficient (Wildman–Crippen LogP) is 3.10. The van der Waals surface area contributed by atoms with Crippen molar-refractivity contribution < 1.29 is 27.8 Å². The van der Waals surface area contributed by atoms with Gasteiger partial charge in [-0.15, -0.1) is 0 Å². The van der Waals surface area contributed by atoms with Crippen LogP contribution < -0.4 is 19.9 Å². The minimum Gasteiger partial charge on any atom is -0.618 e. The lowest BCUT2D eigenvalue weighted by atomic mass is 9.98. The molecule has 0 amide bonds. The van der Waals surface area contributed by atoms with E-state index in [2.05, 4.69) is 0 Å². The molecule has 0 bridgehead atoms. The molecule has 0 unspecified atom stereocenters. The third-order valence-electron chi connectivity index (χ3n) is 4.22. The van der Waals surface area contributed by atoms with Crippen molar-refractivity contribution in [1.29, 1.82) is 0 Å². The first kappa shape index (κ1) is 19.1. The van der Waals surface area contributed by atoms with E-state index in [1.54, 1.807) is 18.2 Å². The van der Waals surface area contributed by atoms with Crippen LogP contribution in [-0.4, -0.2) is 20.0 Å². The molecule has 2 N–H and O–H groups in total. The number of para-hydroxylation sites is 1. The molecule has 1 aromatic heterocycles. The minimum atomic E-state index is -1.02. The lowest BCUT2D eigenvalue weighted by Crippen LogP contribution is -2.31. The zero-order valence-corrected chi connectivity index (χ0v) is 15.0. The predicted molar refractivity (Wildman–Crippen MR) is 98.1 cm³/mol. The summed E-state index contributed by atoms with van der Waals surface area (Å²) in [5, 5.41) is 12.4. The summed E-state index contributed by atoms with van der Waals surface area (Å²) >= 11 is 0. The average Bonchev–Trinajstić information content (AvgIpc) is 2.67. The smallest absolute Gasteiger partial charge is 0.251 e. The normalized spacial score (nSPS) is 10.6. The number of ketones is 1. The van der Waals surface area contributed by atoms with E-state index >= 15 is 0 Å². The maximum Gasteiger partial charge on any atom is 0.251 e. The molecule has 3 rings (SSSR count). The number of nitrogen functional groups attached to an aromatic ring is 1. The molecular formula is C20H16F2N2O4. The van der Waals surface area contributed by atoms with Gasteiger partial charge in [-0.05, 0) is 24.3 Å². The zero-order chi connectivity index (χ0) is 20.4. The molecule has 0 fully saturated rings. The molecule has 3 aromatic rings. The summed E-state index contributed by atoms with van der Waals surface area (Å²) < 4.78 is 38.2. The van der Waals surface area contributed by atoms with Gasteiger partial charge in [0.25, 0.3) is 5.69 Å². The lowest BCUT2D eigenvalue weighted by Gasteiger charge is -2.15. The molecule has 1 heterocycles. The zero-order valence-electron chi connectivity index (χ0n) is 15.0. The van der Waals surface area contributed by atoms with E-state index in [1.807, 2.05) is 0 Å². The van der Waals surface area contributed by atoms with E-state index in [0.717, 1.165) is 18.3 Å². The van der Waals surface area contributed by atoms with Crippen molar-refractivity contribution in [3.63, 3.8) is 0 Å². The number of nitrogens with zero attached hydrogens (tertiary/aromatic N) is 1. The Hall–Kier alpha value is -3.68. The highest BCUT2D eigenvalue weighted by Gasteiger charge is 2.27. The fraction of sp³-hybridized carbons (Fsp3) is 0.100. The van der Waals surface area contributed by atoms with Gasteiger partial charge in [0, 0.05) is 12.1 Å². The Balaban J connectivity index is 2.21. The van der Waals surface area contributed by atoms with Crippen molar-refractivity contribution in [1.82, 2.24) is 0 Å². The number of carbonyl (C=O) groups is 1. The molecule has 0 aliphatic heterocycles. The number of methoxy groups -OCH3 is 2. The van der Waals surface area contributed by atoms with Gasteiger partial charge in [-0.1, -0.05) is 6.07 Å². The molecule has 6 nitrogen and oxygen atoms in total. The number of anilines is 1. The van der Waals surface area contributed by atoms with Crippen LogP contribution in [0, 0.1) is 16.8 Å². The molecule has 2 aromatic carbocycles. The number of ether oxygens (including phenoxy) is 2. The number of hydrogen-bond donors (Lipinski definition) is 1. The molecule has 8 heteroatoms. The van der Waals surface area contributed by atoms with Crippen molar-refractivity contribution in [2.75, 3.05) is 20.0 Å². The third kappa shape index (κ3) is 3.20. The van der Waals surface area contributed by atoms with Crippen LogP contribution >= 0.6 is 0 Å². The monoisotopic (exact) mass is 386 g/mol. The van der Waals surface area contributed by atoms with Crippen LogP contribution in [0.3, 0.4) is 0 Å². The number of aromatic nitrogens is 1. The third-order valence-corrected chi connectivity index (χ3v) is 4.22. The average molecular weight is 386 g/mol. The summed E-state index contributed by atoms with van der Waals surface area (Å²) in [7, 11) is 2.84. The van der Waals surface area contributed by atoms with Crippen LogP contribution in [-0.2, 0) is 0 Å². The van der Waals surface area contributed by atoms with Crippen molar-refractivity contribution in [2.24, 2.45) is 0 Å². The van der Waals surface area contributed by atoms with Gasteiger partial charge in [0.05, 0.1) is 30.9 Å². The van der Waals surface area contributed by atoms with Gasteiger partial charge >= 0.3 is 0 Å². The topological polar surface area (TPSA) is 88.5 Å². The molecule has 0 radical (unpaired) electrons. The highest BCUT2D eigenvalue weighted by Crippen LogP contribution is 2.39. The number of benzene rings is 2.